The molecule has 0 saturated heterocycles. The fraction of sp³-hybridized carbons (Fsp3) is 0.583. The van der Waals surface area contributed by atoms with E-state index in [-0.39, 0.29) is 6.10 Å². The maximum Gasteiger partial charge on any atom is 0.146 e. The highest BCUT2D eigenvalue weighted by atomic mass is 16.5. The van der Waals surface area contributed by atoms with Crippen molar-refractivity contribution in [1.29, 1.82) is 0 Å². The van der Waals surface area contributed by atoms with Crippen molar-refractivity contribution in [1.82, 2.24) is 4.98 Å². The Kier molecular flexibility index (Phi) is 3.29. The van der Waals surface area contributed by atoms with E-state index in [0.29, 0.717) is 12.6 Å². The first-order chi connectivity index (χ1) is 7.70. The van der Waals surface area contributed by atoms with Gasteiger partial charge in [0.25, 0.3) is 0 Å². The van der Waals surface area contributed by atoms with E-state index in [9.17, 15) is 0 Å². The Morgan fingerprint density at radius 2 is 2.06 bits per heavy atom. The molecule has 0 unspecified atom stereocenters. The number of rotatable bonds is 5. The Bertz CT molecular complexity index is 340. The van der Waals surface area contributed by atoms with Crippen LogP contribution >= 0.6 is 0 Å². The van der Waals surface area contributed by atoms with E-state index in [2.05, 4.69) is 4.98 Å². The first-order valence-corrected chi connectivity index (χ1v) is 5.71. The third-order valence-corrected chi connectivity index (χ3v) is 2.36. The van der Waals surface area contributed by atoms with Crippen LogP contribution in [0.5, 0.6) is 11.5 Å². The van der Waals surface area contributed by atoms with Gasteiger partial charge in [0.2, 0.25) is 0 Å². The molecule has 0 aliphatic heterocycles. The lowest BCUT2D eigenvalue weighted by Crippen LogP contribution is -2.11. The summed E-state index contributed by atoms with van der Waals surface area (Å²) in [5, 5.41) is 0. The van der Waals surface area contributed by atoms with Gasteiger partial charge in [0.1, 0.15) is 11.5 Å². The topological polar surface area (TPSA) is 57.4 Å². The third kappa shape index (κ3) is 2.64. The van der Waals surface area contributed by atoms with Crippen LogP contribution in [-0.2, 0) is 6.54 Å². The van der Waals surface area contributed by atoms with Crippen LogP contribution in [0.4, 0.5) is 0 Å². The van der Waals surface area contributed by atoms with Gasteiger partial charge >= 0.3 is 0 Å². The first-order valence-electron chi connectivity index (χ1n) is 5.71. The molecule has 1 saturated carbocycles. The van der Waals surface area contributed by atoms with Crippen LogP contribution < -0.4 is 15.2 Å². The molecule has 0 radical (unpaired) electrons. The van der Waals surface area contributed by atoms with Crippen LogP contribution in [0.2, 0.25) is 0 Å². The minimum Gasteiger partial charge on any atom is -0.489 e. The zero-order valence-corrected chi connectivity index (χ0v) is 9.77. The Morgan fingerprint density at radius 1 is 1.38 bits per heavy atom. The van der Waals surface area contributed by atoms with Gasteiger partial charge in [-0.05, 0) is 26.7 Å². The van der Waals surface area contributed by atoms with Gasteiger partial charge in [-0.15, -0.1) is 0 Å². The molecule has 0 atom stereocenters. The summed E-state index contributed by atoms with van der Waals surface area (Å²) in [4.78, 5) is 4.12. The van der Waals surface area contributed by atoms with Crippen molar-refractivity contribution in [3.63, 3.8) is 0 Å². The molecular formula is C12H18N2O2. The summed E-state index contributed by atoms with van der Waals surface area (Å²) in [6.07, 6.45) is 6.12. The van der Waals surface area contributed by atoms with Crippen molar-refractivity contribution in [2.45, 2.75) is 45.4 Å². The number of aromatic nitrogens is 1. The normalized spacial score (nSPS) is 15.2. The Morgan fingerprint density at radius 3 is 2.62 bits per heavy atom. The van der Waals surface area contributed by atoms with E-state index < -0.39 is 0 Å². The lowest BCUT2D eigenvalue weighted by molar-refractivity contribution is 0.234. The summed E-state index contributed by atoms with van der Waals surface area (Å²) in [7, 11) is 0. The SMILES string of the molecule is CC(C)Oc1cncc(OC2CC2)c1CN. The largest absolute Gasteiger partial charge is 0.489 e. The van der Waals surface area contributed by atoms with Crippen molar-refractivity contribution in [3.05, 3.63) is 18.0 Å². The number of pyridine rings is 1. The molecular weight excluding hydrogens is 204 g/mol. The van der Waals surface area contributed by atoms with E-state index in [1.54, 1.807) is 12.4 Å². The quantitative estimate of drug-likeness (QED) is 0.826. The highest BCUT2D eigenvalue weighted by molar-refractivity contribution is 5.42. The van der Waals surface area contributed by atoms with Crippen LogP contribution in [0.25, 0.3) is 0 Å². The Hall–Kier alpha value is -1.29. The maximum absolute atomic E-state index is 5.75. The minimum atomic E-state index is 0.114. The second-order valence-corrected chi connectivity index (χ2v) is 4.30. The van der Waals surface area contributed by atoms with E-state index in [1.807, 2.05) is 13.8 Å². The summed E-state index contributed by atoms with van der Waals surface area (Å²) in [5.41, 5.74) is 6.65. The summed E-state index contributed by atoms with van der Waals surface area (Å²) in [6, 6.07) is 0. The summed E-state index contributed by atoms with van der Waals surface area (Å²) in [5.74, 6) is 1.50. The third-order valence-electron chi connectivity index (χ3n) is 2.36. The monoisotopic (exact) mass is 222 g/mol. The molecule has 1 fully saturated rings. The molecule has 2 rings (SSSR count). The summed E-state index contributed by atoms with van der Waals surface area (Å²) < 4.78 is 11.4. The predicted molar refractivity (Wildman–Crippen MR) is 61.5 cm³/mol. The fourth-order valence-corrected chi connectivity index (χ4v) is 1.47. The molecule has 88 valence electrons. The van der Waals surface area contributed by atoms with Crippen LogP contribution in [-0.4, -0.2) is 17.2 Å². The zero-order chi connectivity index (χ0) is 11.5. The lowest BCUT2D eigenvalue weighted by atomic mass is 10.2. The van der Waals surface area contributed by atoms with E-state index in [0.717, 1.165) is 29.9 Å². The van der Waals surface area contributed by atoms with E-state index in [4.69, 9.17) is 15.2 Å². The molecule has 4 nitrogen and oxygen atoms in total. The number of hydrogen-bond donors (Lipinski definition) is 1. The van der Waals surface area contributed by atoms with Crippen molar-refractivity contribution in [3.8, 4) is 11.5 Å². The molecule has 4 heteroatoms. The smallest absolute Gasteiger partial charge is 0.146 e. The van der Waals surface area contributed by atoms with E-state index >= 15 is 0 Å². The molecule has 1 aliphatic rings. The van der Waals surface area contributed by atoms with Gasteiger partial charge in [0.05, 0.1) is 30.2 Å². The summed E-state index contributed by atoms with van der Waals surface area (Å²) in [6.45, 7) is 4.37. The lowest BCUT2D eigenvalue weighted by Gasteiger charge is -2.16. The predicted octanol–water partition coefficient (Wildman–Crippen LogP) is 1.87. The van der Waals surface area contributed by atoms with Crippen molar-refractivity contribution >= 4 is 0 Å². The molecule has 1 aromatic rings. The van der Waals surface area contributed by atoms with Gasteiger partial charge < -0.3 is 15.2 Å². The highest BCUT2D eigenvalue weighted by Crippen LogP contribution is 2.32. The van der Waals surface area contributed by atoms with Gasteiger partial charge in [0.15, 0.2) is 0 Å². The van der Waals surface area contributed by atoms with E-state index in [1.165, 1.54) is 0 Å². The van der Waals surface area contributed by atoms with Crippen LogP contribution in [0, 0.1) is 0 Å². The van der Waals surface area contributed by atoms with Crippen molar-refractivity contribution in [2.24, 2.45) is 5.73 Å². The van der Waals surface area contributed by atoms with Gasteiger partial charge in [-0.1, -0.05) is 0 Å². The second kappa shape index (κ2) is 4.70. The molecule has 1 aromatic heterocycles. The van der Waals surface area contributed by atoms with Gasteiger partial charge in [-0.25, -0.2) is 0 Å². The molecule has 0 bridgehead atoms. The number of hydrogen-bond acceptors (Lipinski definition) is 4. The number of ether oxygens (including phenoxy) is 2. The summed E-state index contributed by atoms with van der Waals surface area (Å²) >= 11 is 0. The number of nitrogens with two attached hydrogens (primary N) is 1. The molecule has 2 N–H and O–H groups in total. The number of nitrogens with zero attached hydrogens (tertiary/aromatic N) is 1. The zero-order valence-electron chi connectivity index (χ0n) is 9.77. The van der Waals surface area contributed by atoms with Crippen LogP contribution in [0.15, 0.2) is 12.4 Å². The van der Waals surface area contributed by atoms with Gasteiger partial charge in [-0.2, -0.15) is 0 Å². The highest BCUT2D eigenvalue weighted by Gasteiger charge is 2.25. The van der Waals surface area contributed by atoms with Crippen LogP contribution in [0.1, 0.15) is 32.3 Å². The molecule has 0 amide bonds. The first kappa shape index (κ1) is 11.2. The Labute approximate surface area is 95.8 Å². The molecule has 16 heavy (non-hydrogen) atoms. The van der Waals surface area contributed by atoms with Crippen molar-refractivity contribution in [2.75, 3.05) is 0 Å². The molecule has 1 heterocycles. The second-order valence-electron chi connectivity index (χ2n) is 4.30. The fourth-order valence-electron chi connectivity index (χ4n) is 1.47. The molecule has 0 aromatic carbocycles. The molecule has 0 spiro atoms. The van der Waals surface area contributed by atoms with Gasteiger partial charge in [-0.3, -0.25) is 4.98 Å². The average molecular weight is 222 g/mol. The Balaban J connectivity index is 2.21. The van der Waals surface area contributed by atoms with Crippen LogP contribution in [0.3, 0.4) is 0 Å². The molecule has 1 aliphatic carbocycles. The average Bonchev–Trinajstić information content (AvgIpc) is 3.01. The minimum absolute atomic E-state index is 0.114. The van der Waals surface area contributed by atoms with Gasteiger partial charge in [0, 0.05) is 6.54 Å². The van der Waals surface area contributed by atoms with Crippen molar-refractivity contribution < 1.29 is 9.47 Å². The standard InChI is InChI=1S/C12H18N2O2/c1-8(2)15-11-6-14-7-12(10(11)5-13)16-9-3-4-9/h6-9H,3-5,13H2,1-2H3. The maximum atomic E-state index is 5.75.